The number of rotatable bonds is 3. The molecule has 0 atom stereocenters. The van der Waals surface area contributed by atoms with Crippen LogP contribution in [0.3, 0.4) is 0 Å². The molecule has 1 aliphatic carbocycles. The van der Waals surface area contributed by atoms with Crippen molar-refractivity contribution in [3.63, 3.8) is 0 Å². The highest BCUT2D eigenvalue weighted by atomic mass is 35.5. The molecule has 1 nitrogen and oxygen atoms in total. The van der Waals surface area contributed by atoms with Crippen molar-refractivity contribution in [2.75, 3.05) is 13.2 Å². The van der Waals surface area contributed by atoms with Crippen molar-refractivity contribution < 1.29 is 4.39 Å². The summed E-state index contributed by atoms with van der Waals surface area (Å²) in [5.41, 5.74) is 0. The van der Waals surface area contributed by atoms with E-state index in [0.717, 1.165) is 0 Å². The Morgan fingerprint density at radius 1 is 1.50 bits per heavy atom. The average molecular weight is 140 g/mol. The lowest BCUT2D eigenvalue weighted by Gasteiger charge is -1.92. The van der Waals surface area contributed by atoms with Crippen molar-refractivity contribution in [3.8, 4) is 0 Å². The molecule has 0 amide bonds. The van der Waals surface area contributed by atoms with Gasteiger partial charge in [0, 0.05) is 12.6 Å². The number of hydrogen-bond acceptors (Lipinski definition) is 1. The SMILES string of the molecule is Cl.FCCNC1CC1. The van der Waals surface area contributed by atoms with Crippen LogP contribution in [0.15, 0.2) is 0 Å². The van der Waals surface area contributed by atoms with Crippen LogP contribution in [0, 0.1) is 0 Å². The second-order valence-corrected chi connectivity index (χ2v) is 1.92. The van der Waals surface area contributed by atoms with Crippen LogP contribution in [0.2, 0.25) is 0 Å². The smallest absolute Gasteiger partial charge is 0.102 e. The summed E-state index contributed by atoms with van der Waals surface area (Å²) >= 11 is 0. The molecule has 0 bridgehead atoms. The highest BCUT2D eigenvalue weighted by Gasteiger charge is 2.19. The predicted octanol–water partition coefficient (Wildman–Crippen LogP) is 1.13. The summed E-state index contributed by atoms with van der Waals surface area (Å²) < 4.78 is 11.3. The monoisotopic (exact) mass is 139 g/mol. The molecule has 0 aromatic heterocycles. The summed E-state index contributed by atoms with van der Waals surface area (Å²) in [6.45, 7) is 0.321. The van der Waals surface area contributed by atoms with E-state index in [2.05, 4.69) is 5.32 Å². The predicted molar refractivity (Wildman–Crippen MR) is 34.2 cm³/mol. The molecule has 50 valence electrons. The topological polar surface area (TPSA) is 12.0 Å². The first-order valence-electron chi connectivity index (χ1n) is 2.73. The van der Waals surface area contributed by atoms with E-state index < -0.39 is 0 Å². The quantitative estimate of drug-likeness (QED) is 0.618. The molecule has 0 spiro atoms. The van der Waals surface area contributed by atoms with Gasteiger partial charge < -0.3 is 5.32 Å². The molecule has 0 aliphatic heterocycles. The Labute approximate surface area is 55.1 Å². The summed E-state index contributed by atoms with van der Waals surface area (Å²) in [6, 6.07) is 0.663. The lowest BCUT2D eigenvalue weighted by molar-refractivity contribution is 0.466. The summed E-state index contributed by atoms with van der Waals surface area (Å²) in [6.07, 6.45) is 2.50. The van der Waals surface area contributed by atoms with E-state index in [4.69, 9.17) is 0 Å². The number of halogens is 2. The summed E-state index contributed by atoms with van der Waals surface area (Å²) in [4.78, 5) is 0. The third kappa shape index (κ3) is 3.22. The average Bonchev–Trinajstić information content (AvgIpc) is 2.42. The van der Waals surface area contributed by atoms with Gasteiger partial charge in [0.2, 0.25) is 0 Å². The third-order valence-electron chi connectivity index (χ3n) is 1.10. The van der Waals surface area contributed by atoms with Gasteiger partial charge in [-0.3, -0.25) is 0 Å². The number of hydrogen-bond donors (Lipinski definition) is 1. The maximum absolute atomic E-state index is 11.3. The van der Waals surface area contributed by atoms with Crippen molar-refractivity contribution >= 4 is 12.4 Å². The van der Waals surface area contributed by atoms with Crippen LogP contribution in [0.1, 0.15) is 12.8 Å². The van der Waals surface area contributed by atoms with Crippen LogP contribution in [-0.4, -0.2) is 19.3 Å². The van der Waals surface area contributed by atoms with Gasteiger partial charge in [-0.25, -0.2) is 4.39 Å². The van der Waals surface area contributed by atoms with Crippen LogP contribution in [0.5, 0.6) is 0 Å². The lowest BCUT2D eigenvalue weighted by Crippen LogP contribution is -2.18. The summed E-state index contributed by atoms with van der Waals surface area (Å²) in [5, 5.41) is 3.03. The van der Waals surface area contributed by atoms with Crippen molar-refractivity contribution in [3.05, 3.63) is 0 Å². The van der Waals surface area contributed by atoms with E-state index in [0.29, 0.717) is 12.6 Å². The first kappa shape index (κ1) is 8.18. The Bertz CT molecular complexity index is 56.4. The molecular weight excluding hydrogens is 129 g/mol. The Kier molecular flexibility index (Phi) is 4.19. The first-order valence-corrected chi connectivity index (χ1v) is 2.73. The van der Waals surface area contributed by atoms with Crippen LogP contribution < -0.4 is 5.32 Å². The highest BCUT2D eigenvalue weighted by Crippen LogP contribution is 2.17. The van der Waals surface area contributed by atoms with E-state index in [1.807, 2.05) is 0 Å². The van der Waals surface area contributed by atoms with E-state index in [-0.39, 0.29) is 19.1 Å². The Balaban J connectivity index is 0.000000490. The van der Waals surface area contributed by atoms with Crippen LogP contribution >= 0.6 is 12.4 Å². The van der Waals surface area contributed by atoms with Gasteiger partial charge in [-0.15, -0.1) is 12.4 Å². The van der Waals surface area contributed by atoms with Crippen molar-refractivity contribution in [2.24, 2.45) is 0 Å². The molecule has 1 fully saturated rings. The zero-order chi connectivity index (χ0) is 5.11. The summed E-state index contributed by atoms with van der Waals surface area (Å²) in [5.74, 6) is 0. The summed E-state index contributed by atoms with van der Waals surface area (Å²) in [7, 11) is 0. The third-order valence-corrected chi connectivity index (χ3v) is 1.10. The van der Waals surface area contributed by atoms with E-state index in [1.165, 1.54) is 12.8 Å². The second-order valence-electron chi connectivity index (χ2n) is 1.92. The zero-order valence-corrected chi connectivity index (χ0v) is 5.51. The molecule has 0 radical (unpaired) electrons. The highest BCUT2D eigenvalue weighted by molar-refractivity contribution is 5.85. The van der Waals surface area contributed by atoms with E-state index in [1.54, 1.807) is 0 Å². The molecule has 0 unspecified atom stereocenters. The molecule has 1 N–H and O–H groups in total. The zero-order valence-electron chi connectivity index (χ0n) is 4.69. The van der Waals surface area contributed by atoms with E-state index >= 15 is 0 Å². The standard InChI is InChI=1S/C5H10FN.ClH/c6-3-4-7-5-1-2-5;/h5,7H,1-4H2;1H. The van der Waals surface area contributed by atoms with Gasteiger partial charge >= 0.3 is 0 Å². The van der Waals surface area contributed by atoms with Gasteiger partial charge in [0.25, 0.3) is 0 Å². The van der Waals surface area contributed by atoms with E-state index in [9.17, 15) is 4.39 Å². The molecule has 1 aliphatic rings. The normalized spacial score (nSPS) is 17.6. The van der Waals surface area contributed by atoms with Gasteiger partial charge in [-0.2, -0.15) is 0 Å². The minimum absolute atomic E-state index is 0. The largest absolute Gasteiger partial charge is 0.311 e. The van der Waals surface area contributed by atoms with Crippen LogP contribution in [0.25, 0.3) is 0 Å². The fourth-order valence-corrected chi connectivity index (χ4v) is 0.546. The van der Waals surface area contributed by atoms with Gasteiger partial charge in [0.05, 0.1) is 0 Å². The van der Waals surface area contributed by atoms with Gasteiger partial charge in [-0.1, -0.05) is 0 Å². The minimum Gasteiger partial charge on any atom is -0.311 e. The molecule has 0 heterocycles. The maximum Gasteiger partial charge on any atom is 0.102 e. The molecule has 1 saturated carbocycles. The Morgan fingerprint density at radius 2 is 2.12 bits per heavy atom. The molecular formula is C5H11ClFN. The van der Waals surface area contributed by atoms with Crippen molar-refractivity contribution in [1.82, 2.24) is 5.32 Å². The second kappa shape index (κ2) is 4.10. The fraction of sp³-hybridized carbons (Fsp3) is 1.00. The number of nitrogens with one attached hydrogen (secondary N) is 1. The first-order chi connectivity index (χ1) is 3.43. The number of alkyl halides is 1. The van der Waals surface area contributed by atoms with Gasteiger partial charge in [-0.05, 0) is 12.8 Å². The van der Waals surface area contributed by atoms with Crippen LogP contribution in [0.4, 0.5) is 4.39 Å². The molecule has 0 aromatic carbocycles. The molecule has 3 heteroatoms. The minimum atomic E-state index is -0.226. The van der Waals surface area contributed by atoms with Crippen molar-refractivity contribution in [1.29, 1.82) is 0 Å². The lowest BCUT2D eigenvalue weighted by atomic mass is 10.6. The van der Waals surface area contributed by atoms with Crippen LogP contribution in [-0.2, 0) is 0 Å². The Morgan fingerprint density at radius 3 is 2.50 bits per heavy atom. The van der Waals surface area contributed by atoms with Gasteiger partial charge in [0.15, 0.2) is 0 Å². The maximum atomic E-state index is 11.3. The van der Waals surface area contributed by atoms with Crippen molar-refractivity contribution in [2.45, 2.75) is 18.9 Å². The molecule has 0 saturated heterocycles. The van der Waals surface area contributed by atoms with Gasteiger partial charge in [0.1, 0.15) is 6.67 Å². The Hall–Kier alpha value is 0.180. The molecule has 0 aromatic rings. The fourth-order valence-electron chi connectivity index (χ4n) is 0.546. The molecule has 8 heavy (non-hydrogen) atoms. The molecule has 1 rings (SSSR count).